The highest BCUT2D eigenvalue weighted by atomic mass is 35.5. The fourth-order valence-corrected chi connectivity index (χ4v) is 0.370. The number of hydrogen-bond acceptors (Lipinski definition) is 0. The van der Waals surface area contributed by atoms with Crippen LogP contribution in [0, 0.1) is 0 Å². The van der Waals surface area contributed by atoms with Crippen LogP contribution in [0.3, 0.4) is 0 Å². The lowest BCUT2D eigenvalue weighted by Crippen LogP contribution is -2.08. The summed E-state index contributed by atoms with van der Waals surface area (Å²) >= 11 is 9.34. The lowest BCUT2D eigenvalue weighted by atomic mass is 10.5. The largest absolute Gasteiger partial charge is 0.428 e. The minimum Gasteiger partial charge on any atom is -0.245 e. The first-order valence-corrected chi connectivity index (χ1v) is 2.82. The van der Waals surface area contributed by atoms with Gasteiger partial charge >= 0.3 is 6.18 Å². The van der Waals surface area contributed by atoms with E-state index < -0.39 is 22.9 Å². The Morgan fingerprint density at radius 3 is 1.70 bits per heavy atom. The summed E-state index contributed by atoms with van der Waals surface area (Å²) in [6.07, 6.45) is -4.75. The maximum absolute atomic E-state index is 11.4. The molecule has 10 heavy (non-hydrogen) atoms. The molecule has 0 atom stereocenters. The van der Waals surface area contributed by atoms with Gasteiger partial charge < -0.3 is 0 Å². The molecule has 0 fully saturated rings. The quantitative estimate of drug-likeness (QED) is 0.566. The molecule has 0 aliphatic carbocycles. The fourth-order valence-electron chi connectivity index (χ4n) is 0.212. The Morgan fingerprint density at radius 1 is 1.20 bits per heavy atom. The lowest BCUT2D eigenvalue weighted by Gasteiger charge is -2.04. The van der Waals surface area contributed by atoms with Crippen LogP contribution >= 0.6 is 23.2 Å². The van der Waals surface area contributed by atoms with Crippen LogP contribution in [0.1, 0.15) is 0 Å². The van der Waals surface area contributed by atoms with Crippen molar-refractivity contribution in [2.75, 3.05) is 6.67 Å². The third kappa shape index (κ3) is 2.75. The van der Waals surface area contributed by atoms with Gasteiger partial charge in [-0.15, -0.1) is 0 Å². The van der Waals surface area contributed by atoms with E-state index in [0.717, 1.165) is 0 Å². The third-order valence-corrected chi connectivity index (χ3v) is 1.43. The Kier molecular flexibility index (Phi) is 3.45. The summed E-state index contributed by atoms with van der Waals surface area (Å²) in [5.41, 5.74) is 0. The minimum atomic E-state index is -4.75. The molecule has 0 amide bonds. The maximum atomic E-state index is 11.4. The summed E-state index contributed by atoms with van der Waals surface area (Å²) < 4.78 is 45.7. The second-order valence-corrected chi connectivity index (χ2v) is 2.18. The van der Waals surface area contributed by atoms with Crippen molar-refractivity contribution in [1.82, 2.24) is 0 Å². The van der Waals surface area contributed by atoms with E-state index in [4.69, 9.17) is 11.6 Å². The molecule has 0 aliphatic heterocycles. The van der Waals surface area contributed by atoms with Crippen molar-refractivity contribution in [1.29, 1.82) is 0 Å². The van der Waals surface area contributed by atoms with E-state index in [9.17, 15) is 17.6 Å². The second kappa shape index (κ2) is 3.44. The van der Waals surface area contributed by atoms with Crippen molar-refractivity contribution in [3.05, 3.63) is 10.1 Å². The van der Waals surface area contributed by atoms with Crippen molar-refractivity contribution in [3.63, 3.8) is 0 Å². The van der Waals surface area contributed by atoms with Crippen LogP contribution in [0.15, 0.2) is 10.1 Å². The predicted molar refractivity (Wildman–Crippen MR) is 30.8 cm³/mol. The molecule has 0 nitrogen and oxygen atoms in total. The van der Waals surface area contributed by atoms with Crippen LogP contribution in [-0.4, -0.2) is 12.9 Å². The SMILES string of the molecule is FCC(Cl)=C(Cl)C(F)(F)F. The van der Waals surface area contributed by atoms with E-state index in [1.54, 1.807) is 0 Å². The molecule has 0 aromatic heterocycles. The molecule has 0 spiro atoms. The molecule has 0 heterocycles. The highest BCUT2D eigenvalue weighted by Crippen LogP contribution is 2.32. The Bertz CT molecular complexity index is 148. The number of hydrogen-bond donors (Lipinski definition) is 0. The molecule has 0 aromatic rings. The van der Waals surface area contributed by atoms with Crippen LogP contribution in [0.25, 0.3) is 0 Å². The topological polar surface area (TPSA) is 0 Å². The van der Waals surface area contributed by atoms with Gasteiger partial charge in [-0.1, -0.05) is 23.2 Å². The van der Waals surface area contributed by atoms with Crippen molar-refractivity contribution < 1.29 is 17.6 Å². The Balaban J connectivity index is 4.47. The normalized spacial score (nSPS) is 15.0. The highest BCUT2D eigenvalue weighted by Gasteiger charge is 2.34. The number of allylic oxidation sites excluding steroid dienone is 2. The zero-order valence-corrected chi connectivity index (χ0v) is 5.99. The van der Waals surface area contributed by atoms with Crippen LogP contribution < -0.4 is 0 Å². The van der Waals surface area contributed by atoms with E-state index in [2.05, 4.69) is 11.6 Å². The molecule has 0 saturated carbocycles. The van der Waals surface area contributed by atoms with Crippen LogP contribution in [0.5, 0.6) is 0 Å². The molecule has 0 aliphatic rings. The first-order chi connectivity index (χ1) is 4.39. The third-order valence-electron chi connectivity index (χ3n) is 0.604. The summed E-state index contributed by atoms with van der Waals surface area (Å²) in [6, 6.07) is 0. The summed E-state index contributed by atoms with van der Waals surface area (Å²) in [7, 11) is 0. The first kappa shape index (κ1) is 10.0. The molecule has 6 heteroatoms. The van der Waals surface area contributed by atoms with E-state index in [1.807, 2.05) is 0 Å². The molecule has 0 radical (unpaired) electrons. The van der Waals surface area contributed by atoms with Gasteiger partial charge in [0.25, 0.3) is 0 Å². The molecule has 0 N–H and O–H groups in total. The van der Waals surface area contributed by atoms with Gasteiger partial charge in [-0.2, -0.15) is 13.2 Å². The fraction of sp³-hybridized carbons (Fsp3) is 0.500. The van der Waals surface area contributed by atoms with Crippen molar-refractivity contribution in [2.45, 2.75) is 6.18 Å². The standard InChI is InChI=1S/C4H2Cl2F4/c5-2(1-7)3(6)4(8,9)10/h1H2. The smallest absolute Gasteiger partial charge is 0.245 e. The lowest BCUT2D eigenvalue weighted by molar-refractivity contribution is -0.0850. The highest BCUT2D eigenvalue weighted by molar-refractivity contribution is 6.39. The molecular weight excluding hydrogens is 195 g/mol. The van der Waals surface area contributed by atoms with Gasteiger partial charge in [-0.05, 0) is 0 Å². The van der Waals surface area contributed by atoms with Crippen molar-refractivity contribution in [2.24, 2.45) is 0 Å². The predicted octanol–water partition coefficient (Wildman–Crippen LogP) is 3.21. The molecule has 0 unspecified atom stereocenters. The molecule has 60 valence electrons. The van der Waals surface area contributed by atoms with Crippen LogP contribution in [-0.2, 0) is 0 Å². The summed E-state index contributed by atoms with van der Waals surface area (Å²) in [4.78, 5) is 0. The zero-order valence-electron chi connectivity index (χ0n) is 4.47. The molecule has 0 bridgehead atoms. The van der Waals surface area contributed by atoms with Crippen LogP contribution in [0.4, 0.5) is 17.6 Å². The monoisotopic (exact) mass is 196 g/mol. The number of rotatable bonds is 1. The van der Waals surface area contributed by atoms with Crippen LogP contribution in [0.2, 0.25) is 0 Å². The average Bonchev–Trinajstić information content (AvgIpc) is 1.83. The average molecular weight is 197 g/mol. The number of alkyl halides is 4. The summed E-state index contributed by atoms with van der Waals surface area (Å²) in [6.45, 7) is -1.40. The first-order valence-electron chi connectivity index (χ1n) is 2.07. The van der Waals surface area contributed by atoms with E-state index in [-0.39, 0.29) is 0 Å². The van der Waals surface area contributed by atoms with Gasteiger partial charge in [0.15, 0.2) is 0 Å². The van der Waals surface area contributed by atoms with E-state index >= 15 is 0 Å². The molecule has 0 saturated heterocycles. The van der Waals surface area contributed by atoms with Gasteiger partial charge in [0.1, 0.15) is 11.7 Å². The Morgan fingerprint density at radius 2 is 1.60 bits per heavy atom. The van der Waals surface area contributed by atoms with Gasteiger partial charge in [0.2, 0.25) is 0 Å². The van der Waals surface area contributed by atoms with E-state index in [0.29, 0.717) is 0 Å². The van der Waals surface area contributed by atoms with Crippen molar-refractivity contribution in [3.8, 4) is 0 Å². The van der Waals surface area contributed by atoms with Gasteiger partial charge in [-0.3, -0.25) is 0 Å². The van der Waals surface area contributed by atoms with Gasteiger partial charge in [-0.25, -0.2) is 4.39 Å². The summed E-state index contributed by atoms with van der Waals surface area (Å²) in [5, 5.41) is -2.62. The Hall–Kier alpha value is 0.0400. The molecule has 0 rings (SSSR count). The van der Waals surface area contributed by atoms with Crippen molar-refractivity contribution >= 4 is 23.2 Å². The Labute approximate surface area is 64.4 Å². The second-order valence-electron chi connectivity index (χ2n) is 1.35. The number of halogens is 6. The minimum absolute atomic E-state index is 1.02. The summed E-state index contributed by atoms with van der Waals surface area (Å²) in [5.74, 6) is 0. The zero-order chi connectivity index (χ0) is 8.36. The molecule has 0 aromatic carbocycles. The maximum Gasteiger partial charge on any atom is 0.428 e. The van der Waals surface area contributed by atoms with E-state index in [1.165, 1.54) is 0 Å². The molecular formula is C4H2Cl2F4. The van der Waals surface area contributed by atoms with Gasteiger partial charge in [0.05, 0.1) is 5.03 Å². The van der Waals surface area contributed by atoms with Gasteiger partial charge in [0, 0.05) is 0 Å².